The fourth-order valence-corrected chi connectivity index (χ4v) is 2.24. The average molecular weight is 449 g/mol. The van der Waals surface area contributed by atoms with Crippen LogP contribution in [0.25, 0.3) is 0 Å². The predicted octanol–water partition coefficient (Wildman–Crippen LogP) is 0.602. The van der Waals surface area contributed by atoms with Crippen LogP contribution in [0.5, 0.6) is 5.75 Å². The summed E-state index contributed by atoms with van der Waals surface area (Å²) >= 11 is 0. The van der Waals surface area contributed by atoms with Gasteiger partial charge in [-0.15, -0.1) is 0 Å². The van der Waals surface area contributed by atoms with Gasteiger partial charge < -0.3 is 48.8 Å². The van der Waals surface area contributed by atoms with Crippen LogP contribution in [0.2, 0.25) is 0 Å². The maximum absolute atomic E-state index is 11.7. The van der Waals surface area contributed by atoms with Gasteiger partial charge in [-0.1, -0.05) is 18.6 Å². The highest BCUT2D eigenvalue weighted by atomic mass is 16.7. The monoisotopic (exact) mass is 448 g/mol. The first-order valence-electron chi connectivity index (χ1n) is 9.88. The van der Waals surface area contributed by atoms with Crippen molar-refractivity contribution in [2.45, 2.75) is 25.3 Å². The molecule has 1 aromatic heterocycles. The molecule has 0 aliphatic heterocycles. The summed E-state index contributed by atoms with van der Waals surface area (Å²) in [6.07, 6.45) is 1.73. The normalized spacial score (nSPS) is 10.8. The summed E-state index contributed by atoms with van der Waals surface area (Å²) in [5.74, 6) is 0.741. The van der Waals surface area contributed by atoms with Gasteiger partial charge in [0.15, 0.2) is 0 Å². The van der Waals surface area contributed by atoms with Crippen molar-refractivity contribution in [2.75, 3.05) is 42.9 Å². The van der Waals surface area contributed by atoms with Gasteiger partial charge in [-0.3, -0.25) is 4.79 Å². The molecule has 1 atom stereocenters. The van der Waals surface area contributed by atoms with E-state index < -0.39 is 12.1 Å². The van der Waals surface area contributed by atoms with Crippen LogP contribution in [-0.4, -0.2) is 43.4 Å². The van der Waals surface area contributed by atoms with Crippen LogP contribution >= 0.6 is 0 Å². The molecule has 32 heavy (non-hydrogen) atoms. The zero-order valence-electron chi connectivity index (χ0n) is 18.0. The average Bonchev–Trinajstić information content (AvgIpc) is 2.78. The van der Waals surface area contributed by atoms with Crippen molar-refractivity contribution in [3.05, 3.63) is 36.4 Å². The molecule has 1 heterocycles. The van der Waals surface area contributed by atoms with Crippen molar-refractivity contribution in [1.29, 1.82) is 0 Å². The summed E-state index contributed by atoms with van der Waals surface area (Å²) in [6.45, 7) is 0.443. The van der Waals surface area contributed by atoms with Crippen molar-refractivity contribution < 1.29 is 19.1 Å². The third-order valence-electron chi connectivity index (χ3n) is 4.04. The number of hydrogen-bond donors (Lipinski definition) is 7. The summed E-state index contributed by atoms with van der Waals surface area (Å²) in [5, 5.41) is 4.89. The summed E-state index contributed by atoms with van der Waals surface area (Å²) in [5.41, 5.74) is 28.6. The van der Waals surface area contributed by atoms with E-state index in [0.717, 1.165) is 12.8 Å². The van der Waals surface area contributed by atoms with E-state index in [1.165, 1.54) is 7.05 Å². The number of nitrogens with one attached hydrogen (secondary N) is 2. The van der Waals surface area contributed by atoms with E-state index in [-0.39, 0.29) is 18.5 Å². The molecule has 12 N–H and O–H groups in total. The minimum atomic E-state index is -0.572. The summed E-state index contributed by atoms with van der Waals surface area (Å²) in [6, 6.07) is 9.57. The Hall–Kier alpha value is -3.77. The maximum Gasteiger partial charge on any atom is 0.409 e. The minimum Gasteiger partial charge on any atom is -0.455 e. The van der Waals surface area contributed by atoms with Crippen molar-refractivity contribution in [1.82, 2.24) is 10.3 Å². The summed E-state index contributed by atoms with van der Waals surface area (Å²) < 4.78 is 9.72. The van der Waals surface area contributed by atoms with E-state index in [1.54, 1.807) is 36.4 Å². The Bertz CT molecular complexity index is 865. The molecule has 1 aromatic carbocycles. The molecule has 2 amide bonds. The highest BCUT2D eigenvalue weighted by molar-refractivity contribution is 5.94. The zero-order valence-corrected chi connectivity index (χ0v) is 18.0. The largest absolute Gasteiger partial charge is 0.455 e. The van der Waals surface area contributed by atoms with Crippen LogP contribution in [-0.2, 0) is 9.53 Å². The second-order valence-electron chi connectivity index (χ2n) is 6.53. The lowest BCUT2D eigenvalue weighted by Crippen LogP contribution is -2.35. The Morgan fingerprint density at radius 3 is 2.41 bits per heavy atom. The first-order chi connectivity index (χ1) is 15.3. The molecular weight excluding hydrogens is 416 g/mol. The van der Waals surface area contributed by atoms with Gasteiger partial charge in [-0.05, 0) is 43.7 Å². The molecule has 0 aliphatic carbocycles. The Morgan fingerprint density at radius 2 is 1.78 bits per heavy atom. The molecule has 176 valence electrons. The predicted molar refractivity (Wildman–Crippen MR) is 124 cm³/mol. The van der Waals surface area contributed by atoms with Gasteiger partial charge in [0.2, 0.25) is 12.7 Å². The van der Waals surface area contributed by atoms with Crippen LogP contribution in [0, 0.1) is 0 Å². The number of pyridine rings is 1. The van der Waals surface area contributed by atoms with Gasteiger partial charge in [0.1, 0.15) is 17.4 Å². The van der Waals surface area contributed by atoms with E-state index in [1.807, 2.05) is 0 Å². The number of alkyl carbamates (subject to hydrolysis) is 1. The van der Waals surface area contributed by atoms with E-state index in [0.29, 0.717) is 35.9 Å². The SMILES string of the molecule is CNC(=O)OCOc1ccccc1N.NCCCCC(N)C(=O)Nc1ccc(N)c(N)n1. The molecule has 1 unspecified atom stereocenters. The molecule has 0 radical (unpaired) electrons. The molecule has 12 heteroatoms. The number of carbonyl (C=O) groups is 2. The maximum atomic E-state index is 11.7. The Labute approximate surface area is 186 Å². The van der Waals surface area contributed by atoms with E-state index in [9.17, 15) is 9.59 Å². The molecular formula is C20H32N8O4. The number of amides is 2. The minimum absolute atomic E-state index is 0.159. The number of nitrogens with zero attached hydrogens (tertiary/aromatic N) is 1. The molecule has 0 fully saturated rings. The number of carbonyl (C=O) groups excluding carboxylic acids is 2. The number of hydrogen-bond acceptors (Lipinski definition) is 10. The third-order valence-corrected chi connectivity index (χ3v) is 4.04. The fraction of sp³-hybridized carbons (Fsp3) is 0.350. The molecule has 12 nitrogen and oxygen atoms in total. The van der Waals surface area contributed by atoms with Crippen LogP contribution in [0.3, 0.4) is 0 Å². The van der Waals surface area contributed by atoms with E-state index in [2.05, 4.69) is 20.4 Å². The van der Waals surface area contributed by atoms with Crippen molar-refractivity contribution in [3.63, 3.8) is 0 Å². The number of benzene rings is 1. The number of para-hydroxylation sites is 2. The van der Waals surface area contributed by atoms with E-state index >= 15 is 0 Å². The zero-order chi connectivity index (χ0) is 23.9. The number of unbranched alkanes of at least 4 members (excludes halogenated alkanes) is 1. The van der Waals surface area contributed by atoms with Crippen LogP contribution in [0.4, 0.5) is 27.8 Å². The van der Waals surface area contributed by atoms with Gasteiger partial charge in [-0.25, -0.2) is 9.78 Å². The number of ether oxygens (including phenoxy) is 2. The van der Waals surface area contributed by atoms with Crippen LogP contribution in [0.1, 0.15) is 19.3 Å². The highest BCUT2D eigenvalue weighted by Gasteiger charge is 2.13. The summed E-state index contributed by atoms with van der Waals surface area (Å²) in [4.78, 5) is 26.3. The first-order valence-corrected chi connectivity index (χ1v) is 9.88. The number of rotatable bonds is 9. The second kappa shape index (κ2) is 14.3. The molecule has 0 aliphatic rings. The third kappa shape index (κ3) is 9.82. The summed E-state index contributed by atoms with van der Waals surface area (Å²) in [7, 11) is 1.47. The van der Waals surface area contributed by atoms with Crippen LogP contribution in [0.15, 0.2) is 36.4 Å². The first kappa shape index (κ1) is 26.3. The lowest BCUT2D eigenvalue weighted by molar-refractivity contribution is -0.117. The Balaban J connectivity index is 0.000000330. The van der Waals surface area contributed by atoms with Crippen molar-refractivity contribution >= 4 is 35.0 Å². The lowest BCUT2D eigenvalue weighted by Gasteiger charge is -2.12. The Morgan fingerprint density at radius 1 is 1.06 bits per heavy atom. The van der Waals surface area contributed by atoms with Crippen molar-refractivity contribution in [3.8, 4) is 5.75 Å². The van der Waals surface area contributed by atoms with Gasteiger partial charge in [-0.2, -0.15) is 0 Å². The quantitative estimate of drug-likeness (QED) is 0.161. The standard InChI is InChI=1S/C11H20N6O.C9H12N2O3/c12-6-2-1-3-8(14)11(18)17-9-5-4-7(13)10(15)16-9;1-11-9(12)14-6-13-8-5-3-2-4-7(8)10/h4-5,8H,1-3,6,12-14H2,(H3,15,16,17,18);2-5H,6,10H2,1H3,(H,11,12). The Kier molecular flexibility index (Phi) is 11.7. The molecule has 0 spiro atoms. The second-order valence-corrected chi connectivity index (χ2v) is 6.53. The topological polar surface area (TPSA) is 220 Å². The van der Waals surface area contributed by atoms with Gasteiger partial charge in [0, 0.05) is 7.05 Å². The van der Waals surface area contributed by atoms with Gasteiger partial charge in [0.25, 0.3) is 0 Å². The van der Waals surface area contributed by atoms with Crippen LogP contribution < -0.4 is 44.0 Å². The fourth-order valence-electron chi connectivity index (χ4n) is 2.24. The smallest absolute Gasteiger partial charge is 0.409 e. The lowest BCUT2D eigenvalue weighted by atomic mass is 10.1. The van der Waals surface area contributed by atoms with Crippen molar-refractivity contribution in [2.24, 2.45) is 11.5 Å². The number of anilines is 4. The number of nitrogen functional groups attached to an aromatic ring is 3. The molecule has 0 saturated heterocycles. The molecule has 2 rings (SSSR count). The molecule has 0 saturated carbocycles. The highest BCUT2D eigenvalue weighted by Crippen LogP contribution is 2.19. The van der Waals surface area contributed by atoms with Gasteiger partial charge in [0.05, 0.1) is 17.4 Å². The molecule has 2 aromatic rings. The van der Waals surface area contributed by atoms with E-state index in [4.69, 9.17) is 33.4 Å². The molecule has 0 bridgehead atoms. The number of nitrogens with two attached hydrogens (primary N) is 5. The van der Waals surface area contributed by atoms with Gasteiger partial charge >= 0.3 is 6.09 Å². The number of aromatic nitrogens is 1.